The largest absolute Gasteiger partial charge is 0.466 e. The summed E-state index contributed by atoms with van der Waals surface area (Å²) in [6.45, 7) is 4.07. The number of ether oxygens (including phenoxy) is 2. The number of hydrogen-bond donors (Lipinski definition) is 0. The Morgan fingerprint density at radius 3 is 2.43 bits per heavy atom. The highest BCUT2D eigenvalue weighted by molar-refractivity contribution is 5.96. The third kappa shape index (κ3) is 4.18. The summed E-state index contributed by atoms with van der Waals surface area (Å²) in [5.41, 5.74) is 1.25. The Morgan fingerprint density at radius 1 is 1.17 bits per heavy atom. The number of nitrogens with zero attached hydrogens (tertiary/aromatic N) is 3. The average Bonchev–Trinajstić information content (AvgIpc) is 3.27. The van der Waals surface area contributed by atoms with Gasteiger partial charge in [-0.3, -0.25) is 19.7 Å². The third-order valence-electron chi connectivity index (χ3n) is 5.04. The summed E-state index contributed by atoms with van der Waals surface area (Å²) in [6, 6.07) is 5.80. The van der Waals surface area contributed by atoms with Gasteiger partial charge in [0.2, 0.25) is 5.91 Å². The monoisotopic (exact) mass is 417 g/mol. The highest BCUT2D eigenvalue weighted by Crippen LogP contribution is 2.44. The maximum Gasteiger partial charge on any atom is 0.336 e. The molecule has 3 rings (SSSR count). The van der Waals surface area contributed by atoms with Crippen LogP contribution < -0.4 is 0 Å². The van der Waals surface area contributed by atoms with Gasteiger partial charge in [-0.05, 0) is 19.4 Å². The summed E-state index contributed by atoms with van der Waals surface area (Å²) in [4.78, 5) is 47.7. The van der Waals surface area contributed by atoms with Crippen LogP contribution in [-0.2, 0) is 23.9 Å². The van der Waals surface area contributed by atoms with E-state index >= 15 is 0 Å². The van der Waals surface area contributed by atoms with E-state index in [1.165, 1.54) is 17.1 Å². The van der Waals surface area contributed by atoms with Crippen molar-refractivity contribution in [1.29, 1.82) is 0 Å². The topological polar surface area (TPSA) is 119 Å². The van der Waals surface area contributed by atoms with E-state index < -0.39 is 16.9 Å². The van der Waals surface area contributed by atoms with Crippen molar-refractivity contribution in [3.63, 3.8) is 0 Å². The highest BCUT2D eigenvalue weighted by Gasteiger charge is 2.46. The van der Waals surface area contributed by atoms with Crippen LogP contribution in [0.2, 0.25) is 0 Å². The Bertz CT molecular complexity index is 894. The fourth-order valence-electron chi connectivity index (χ4n) is 3.76. The number of benzene rings is 1. The lowest BCUT2D eigenvalue weighted by Gasteiger charge is -2.25. The zero-order valence-corrected chi connectivity index (χ0v) is 16.8. The van der Waals surface area contributed by atoms with Gasteiger partial charge in [0.05, 0.1) is 41.9 Å². The number of rotatable bonds is 7. The molecule has 2 saturated heterocycles. The lowest BCUT2D eigenvalue weighted by atomic mass is 9.99. The first-order chi connectivity index (χ1) is 14.4. The van der Waals surface area contributed by atoms with Crippen LogP contribution in [0, 0.1) is 10.1 Å². The van der Waals surface area contributed by atoms with E-state index in [4.69, 9.17) is 9.47 Å². The number of nitro benzene ring substituents is 1. The first kappa shape index (κ1) is 21.4. The molecular formula is C20H23N3O7. The molecule has 0 saturated carbocycles. The van der Waals surface area contributed by atoms with E-state index in [2.05, 4.69) is 0 Å². The second kappa shape index (κ2) is 9.04. The van der Waals surface area contributed by atoms with Gasteiger partial charge in [0.1, 0.15) is 0 Å². The van der Waals surface area contributed by atoms with E-state index in [9.17, 15) is 24.5 Å². The zero-order chi connectivity index (χ0) is 21.8. The molecule has 10 heteroatoms. The number of non-ortho nitro benzene ring substituents is 1. The van der Waals surface area contributed by atoms with Crippen molar-refractivity contribution in [2.24, 2.45) is 0 Å². The molecule has 0 aromatic heterocycles. The molecule has 0 N–H and O–H groups in total. The Morgan fingerprint density at radius 2 is 1.83 bits per heavy atom. The summed E-state index contributed by atoms with van der Waals surface area (Å²) in [5, 5.41) is 14.2. The first-order valence-corrected chi connectivity index (χ1v) is 9.76. The van der Waals surface area contributed by atoms with E-state index in [1.54, 1.807) is 26.0 Å². The molecule has 0 bridgehead atoms. The minimum atomic E-state index is -0.662. The number of hydrogen-bond acceptors (Lipinski definition) is 8. The van der Waals surface area contributed by atoms with Crippen molar-refractivity contribution < 1.29 is 28.8 Å². The fraction of sp³-hybridized carbons (Fsp3) is 0.450. The van der Waals surface area contributed by atoms with E-state index in [0.717, 1.165) is 5.56 Å². The van der Waals surface area contributed by atoms with Crippen LogP contribution in [0.1, 0.15) is 44.7 Å². The maximum absolute atomic E-state index is 12.6. The van der Waals surface area contributed by atoms with Crippen LogP contribution in [0.25, 0.3) is 0 Å². The quantitative estimate of drug-likeness (QED) is 0.287. The molecule has 2 heterocycles. The van der Waals surface area contributed by atoms with Gasteiger partial charge in [-0.15, -0.1) is 0 Å². The summed E-state index contributed by atoms with van der Waals surface area (Å²) >= 11 is 0. The third-order valence-corrected chi connectivity index (χ3v) is 5.04. The number of hydrazine groups is 1. The van der Waals surface area contributed by atoms with Crippen LogP contribution in [-0.4, -0.2) is 52.5 Å². The van der Waals surface area contributed by atoms with Crippen LogP contribution >= 0.6 is 0 Å². The minimum absolute atomic E-state index is 0.0311. The number of amides is 1. The highest BCUT2D eigenvalue weighted by atomic mass is 16.6. The molecule has 0 radical (unpaired) electrons. The molecule has 0 spiro atoms. The normalized spacial score (nSPS) is 20.1. The second-order valence-electron chi connectivity index (χ2n) is 6.81. The Kier molecular flexibility index (Phi) is 6.46. The van der Waals surface area contributed by atoms with Crippen molar-refractivity contribution in [3.8, 4) is 0 Å². The predicted molar refractivity (Wildman–Crippen MR) is 104 cm³/mol. The number of nitro groups is 1. The molecule has 1 unspecified atom stereocenters. The lowest BCUT2D eigenvalue weighted by molar-refractivity contribution is -0.384. The summed E-state index contributed by atoms with van der Waals surface area (Å²) < 4.78 is 10.1. The molecule has 1 amide bonds. The molecule has 0 aliphatic carbocycles. The van der Waals surface area contributed by atoms with Crippen LogP contribution in [0.3, 0.4) is 0 Å². The molecular weight excluding hydrogens is 394 g/mol. The van der Waals surface area contributed by atoms with E-state index in [0.29, 0.717) is 12.2 Å². The first-order valence-electron chi connectivity index (χ1n) is 9.76. The zero-order valence-electron chi connectivity index (χ0n) is 16.8. The molecule has 2 aliphatic rings. The van der Waals surface area contributed by atoms with Crippen molar-refractivity contribution in [2.45, 2.75) is 39.2 Å². The van der Waals surface area contributed by atoms with Crippen molar-refractivity contribution in [1.82, 2.24) is 10.0 Å². The number of carbonyl (C=O) groups excluding carboxylic acids is 3. The number of carbonyl (C=O) groups is 3. The van der Waals surface area contributed by atoms with Gasteiger partial charge >= 0.3 is 11.9 Å². The van der Waals surface area contributed by atoms with Gasteiger partial charge in [0.15, 0.2) is 0 Å². The van der Waals surface area contributed by atoms with Gasteiger partial charge in [-0.25, -0.2) is 14.8 Å². The van der Waals surface area contributed by atoms with Crippen molar-refractivity contribution in [3.05, 3.63) is 51.2 Å². The standard InChI is InChI=1S/C20H23N3O7/c1-3-29-19(25)11-15(20(26)30-4-2)17-12-16(21-10-9-18(24)22(17)21)13-5-7-14(8-6-13)23(27)28/h5-8,16H,3-4,9-12H2,1-2H3/b17-15+. The summed E-state index contributed by atoms with van der Waals surface area (Å²) in [5.74, 6) is -1.42. The van der Waals surface area contributed by atoms with Gasteiger partial charge in [-0.2, -0.15) is 0 Å². The Balaban J connectivity index is 2.00. The average molecular weight is 417 g/mol. The molecule has 160 valence electrons. The fourth-order valence-corrected chi connectivity index (χ4v) is 3.76. The maximum atomic E-state index is 12.6. The van der Waals surface area contributed by atoms with Crippen molar-refractivity contribution in [2.75, 3.05) is 19.8 Å². The van der Waals surface area contributed by atoms with Gasteiger partial charge < -0.3 is 9.47 Å². The van der Waals surface area contributed by atoms with Crippen LogP contribution in [0.4, 0.5) is 5.69 Å². The van der Waals surface area contributed by atoms with Crippen LogP contribution in [0.15, 0.2) is 35.5 Å². The lowest BCUT2D eigenvalue weighted by Crippen LogP contribution is -2.34. The van der Waals surface area contributed by atoms with E-state index in [1.807, 2.05) is 5.01 Å². The molecule has 2 fully saturated rings. The van der Waals surface area contributed by atoms with E-state index in [-0.39, 0.29) is 55.7 Å². The predicted octanol–water partition coefficient (Wildman–Crippen LogP) is 2.26. The van der Waals surface area contributed by atoms with Crippen molar-refractivity contribution >= 4 is 23.5 Å². The molecule has 1 aromatic carbocycles. The summed E-state index contributed by atoms with van der Waals surface area (Å²) in [7, 11) is 0. The smallest absolute Gasteiger partial charge is 0.336 e. The SMILES string of the molecule is CCOC(=O)C/C(C(=O)OCC)=C1/CC(c2ccc([N+](=O)[O-])cc2)N2CCC(=O)N12. The van der Waals surface area contributed by atoms with Gasteiger partial charge in [0.25, 0.3) is 5.69 Å². The van der Waals surface area contributed by atoms with Gasteiger partial charge in [-0.1, -0.05) is 12.1 Å². The van der Waals surface area contributed by atoms with Crippen LogP contribution in [0.5, 0.6) is 0 Å². The Labute approximate surface area is 173 Å². The Hall–Kier alpha value is -3.27. The summed E-state index contributed by atoms with van der Waals surface area (Å²) in [6.07, 6.45) is 0.256. The number of esters is 2. The second-order valence-corrected chi connectivity index (χ2v) is 6.81. The minimum Gasteiger partial charge on any atom is -0.466 e. The molecule has 1 atom stereocenters. The number of fused-ring (bicyclic) bond motifs is 1. The molecule has 30 heavy (non-hydrogen) atoms. The molecule has 1 aromatic rings. The molecule has 2 aliphatic heterocycles. The van der Waals surface area contributed by atoms with Gasteiger partial charge in [0, 0.05) is 31.5 Å². The molecule has 10 nitrogen and oxygen atoms in total.